The minimum Gasteiger partial charge on any atom is -0.477 e. The highest BCUT2D eigenvalue weighted by molar-refractivity contribution is 5.90. The lowest BCUT2D eigenvalue weighted by molar-refractivity contribution is 0.0690. The summed E-state index contributed by atoms with van der Waals surface area (Å²) in [6, 6.07) is 1.47. The Morgan fingerprint density at radius 3 is 2.76 bits per heavy atom. The van der Waals surface area contributed by atoms with Crippen LogP contribution in [0.25, 0.3) is 11.0 Å². The first-order valence-corrected chi connectivity index (χ1v) is 5.32. The van der Waals surface area contributed by atoms with E-state index in [1.165, 1.54) is 6.07 Å². The molecule has 6 heteroatoms. The van der Waals surface area contributed by atoms with E-state index in [0.717, 1.165) is 0 Å². The van der Waals surface area contributed by atoms with Crippen LogP contribution in [0.1, 0.15) is 29.9 Å². The summed E-state index contributed by atoms with van der Waals surface area (Å²) in [6.45, 7) is 4.01. The van der Waals surface area contributed by atoms with E-state index in [-0.39, 0.29) is 11.3 Å². The van der Waals surface area contributed by atoms with Crippen LogP contribution < -0.4 is 5.56 Å². The molecule has 2 rings (SSSR count). The molecule has 0 aliphatic rings. The molecule has 0 bridgehead atoms. The van der Waals surface area contributed by atoms with Crippen molar-refractivity contribution in [2.75, 3.05) is 0 Å². The van der Waals surface area contributed by atoms with E-state index in [1.54, 1.807) is 0 Å². The van der Waals surface area contributed by atoms with E-state index in [0.29, 0.717) is 28.9 Å². The highest BCUT2D eigenvalue weighted by atomic mass is 16.4. The van der Waals surface area contributed by atoms with E-state index >= 15 is 0 Å². The van der Waals surface area contributed by atoms with E-state index in [4.69, 9.17) is 5.11 Å². The van der Waals surface area contributed by atoms with Gasteiger partial charge in [-0.25, -0.2) is 9.78 Å². The molecule has 0 aromatic carbocycles. The molecule has 2 aromatic heterocycles. The number of fused-ring (bicyclic) bond motifs is 1. The van der Waals surface area contributed by atoms with Gasteiger partial charge in [-0.3, -0.25) is 15.0 Å². The zero-order valence-electron chi connectivity index (χ0n) is 9.57. The summed E-state index contributed by atoms with van der Waals surface area (Å²) < 4.78 is 0. The van der Waals surface area contributed by atoms with Crippen LogP contribution in [-0.4, -0.2) is 26.3 Å². The molecule has 0 radical (unpaired) electrons. The zero-order chi connectivity index (χ0) is 12.6. The van der Waals surface area contributed by atoms with Gasteiger partial charge < -0.3 is 5.11 Å². The number of hydrogen-bond donors (Lipinski definition) is 3. The number of carboxylic acids is 1. The van der Waals surface area contributed by atoms with Crippen LogP contribution in [0.15, 0.2) is 10.9 Å². The average Bonchev–Trinajstić information content (AvgIpc) is 2.59. The minimum atomic E-state index is -1.10. The number of rotatable bonds is 3. The molecular formula is C11H13N3O3. The van der Waals surface area contributed by atoms with Crippen molar-refractivity contribution in [2.24, 2.45) is 5.92 Å². The number of nitrogens with zero attached hydrogens (tertiary/aromatic N) is 1. The van der Waals surface area contributed by atoms with Crippen molar-refractivity contribution < 1.29 is 9.90 Å². The zero-order valence-corrected chi connectivity index (χ0v) is 9.57. The van der Waals surface area contributed by atoms with Crippen molar-refractivity contribution in [3.63, 3.8) is 0 Å². The molecule has 2 aromatic rings. The second-order valence-electron chi connectivity index (χ2n) is 4.37. The van der Waals surface area contributed by atoms with E-state index < -0.39 is 5.97 Å². The Kier molecular flexibility index (Phi) is 2.71. The maximum atomic E-state index is 11.6. The van der Waals surface area contributed by atoms with Gasteiger partial charge in [0.2, 0.25) is 0 Å². The fourth-order valence-electron chi connectivity index (χ4n) is 1.83. The Bertz CT molecular complexity index is 624. The quantitative estimate of drug-likeness (QED) is 0.743. The molecule has 0 saturated carbocycles. The average molecular weight is 235 g/mol. The monoisotopic (exact) mass is 235 g/mol. The normalized spacial score (nSPS) is 11.2. The van der Waals surface area contributed by atoms with Crippen LogP contribution in [-0.2, 0) is 6.42 Å². The van der Waals surface area contributed by atoms with Crippen molar-refractivity contribution >= 4 is 17.0 Å². The number of aromatic carboxylic acids is 1. The molecule has 0 amide bonds. The third kappa shape index (κ3) is 2.06. The van der Waals surface area contributed by atoms with Gasteiger partial charge in [0.25, 0.3) is 5.56 Å². The molecule has 6 nitrogen and oxygen atoms in total. The molecule has 17 heavy (non-hydrogen) atoms. The molecule has 0 aliphatic carbocycles. The Morgan fingerprint density at radius 2 is 2.18 bits per heavy atom. The Morgan fingerprint density at radius 1 is 1.47 bits per heavy atom. The van der Waals surface area contributed by atoms with Crippen LogP contribution in [0.4, 0.5) is 0 Å². The number of hydrogen-bond acceptors (Lipinski definition) is 3. The topological polar surface area (TPSA) is 98.8 Å². The predicted octanol–water partition coefficient (Wildman–Crippen LogP) is 1.15. The maximum Gasteiger partial charge on any atom is 0.354 e. The molecule has 0 fully saturated rings. The van der Waals surface area contributed by atoms with Gasteiger partial charge in [-0.05, 0) is 24.0 Å². The van der Waals surface area contributed by atoms with Gasteiger partial charge in [-0.1, -0.05) is 13.8 Å². The maximum absolute atomic E-state index is 11.6. The Balaban J connectivity index is 2.71. The van der Waals surface area contributed by atoms with Crippen molar-refractivity contribution in [1.29, 1.82) is 0 Å². The van der Waals surface area contributed by atoms with Crippen LogP contribution in [0.2, 0.25) is 0 Å². The van der Waals surface area contributed by atoms with Crippen LogP contribution >= 0.6 is 0 Å². The van der Waals surface area contributed by atoms with Gasteiger partial charge in [0.1, 0.15) is 0 Å². The van der Waals surface area contributed by atoms with Crippen molar-refractivity contribution in [3.8, 4) is 0 Å². The van der Waals surface area contributed by atoms with Crippen molar-refractivity contribution in [1.82, 2.24) is 15.2 Å². The fourth-order valence-corrected chi connectivity index (χ4v) is 1.83. The highest BCUT2D eigenvalue weighted by Gasteiger charge is 2.15. The number of aromatic amines is 2. The molecule has 0 saturated heterocycles. The van der Waals surface area contributed by atoms with Gasteiger partial charge in [0.05, 0.1) is 5.39 Å². The molecule has 2 heterocycles. The predicted molar refractivity (Wildman–Crippen MR) is 62.2 cm³/mol. The summed E-state index contributed by atoms with van der Waals surface area (Å²) in [4.78, 5) is 26.4. The summed E-state index contributed by atoms with van der Waals surface area (Å²) in [6.07, 6.45) is 0.639. The molecule has 0 atom stereocenters. The lowest BCUT2D eigenvalue weighted by Crippen LogP contribution is -2.07. The van der Waals surface area contributed by atoms with Crippen LogP contribution in [0, 0.1) is 5.92 Å². The first-order chi connectivity index (χ1) is 7.99. The molecule has 0 unspecified atom stereocenters. The van der Waals surface area contributed by atoms with Gasteiger partial charge in [0, 0.05) is 0 Å². The van der Waals surface area contributed by atoms with E-state index in [9.17, 15) is 9.59 Å². The number of carboxylic acid groups (broad SMARTS) is 1. The standard InChI is InChI=1S/C11H13N3O3/c1-5(2)3-6-4-7(11(16)17)12-9-8(6)10(15)14-13-9/h4-5H,3H2,1-2H3,(H,16,17)(H2,12,13,14,15). The second kappa shape index (κ2) is 4.04. The van der Waals surface area contributed by atoms with Gasteiger partial charge >= 0.3 is 5.97 Å². The summed E-state index contributed by atoms with van der Waals surface area (Å²) in [5, 5.41) is 14.4. The number of carbonyl (C=O) groups is 1. The number of pyridine rings is 1. The van der Waals surface area contributed by atoms with Gasteiger partial charge in [0.15, 0.2) is 11.3 Å². The van der Waals surface area contributed by atoms with Crippen molar-refractivity contribution in [2.45, 2.75) is 20.3 Å². The first-order valence-electron chi connectivity index (χ1n) is 5.32. The Labute approximate surface area is 96.7 Å². The molecule has 0 spiro atoms. The number of aromatic nitrogens is 3. The lowest BCUT2D eigenvalue weighted by atomic mass is 10.0. The van der Waals surface area contributed by atoms with Gasteiger partial charge in [-0.15, -0.1) is 0 Å². The summed E-state index contributed by atoms with van der Waals surface area (Å²) >= 11 is 0. The van der Waals surface area contributed by atoms with Crippen LogP contribution in [0.5, 0.6) is 0 Å². The summed E-state index contributed by atoms with van der Waals surface area (Å²) in [7, 11) is 0. The van der Waals surface area contributed by atoms with Gasteiger partial charge in [-0.2, -0.15) is 0 Å². The third-order valence-corrected chi connectivity index (χ3v) is 2.47. The van der Waals surface area contributed by atoms with Crippen molar-refractivity contribution in [3.05, 3.63) is 27.7 Å². The second-order valence-corrected chi connectivity index (χ2v) is 4.37. The first kappa shape index (κ1) is 11.4. The third-order valence-electron chi connectivity index (χ3n) is 2.47. The highest BCUT2D eigenvalue weighted by Crippen LogP contribution is 2.17. The largest absolute Gasteiger partial charge is 0.477 e. The lowest BCUT2D eigenvalue weighted by Gasteiger charge is -2.06. The number of H-pyrrole nitrogens is 2. The van der Waals surface area contributed by atoms with E-state index in [2.05, 4.69) is 15.2 Å². The minimum absolute atomic E-state index is 0.0524. The molecular weight excluding hydrogens is 222 g/mol. The Hall–Kier alpha value is -2.11. The molecule has 3 N–H and O–H groups in total. The SMILES string of the molecule is CC(C)Cc1cc(C(=O)O)nc2[nH][nH]c(=O)c12. The van der Waals surface area contributed by atoms with E-state index in [1.807, 2.05) is 13.8 Å². The summed E-state index contributed by atoms with van der Waals surface area (Å²) in [5.74, 6) is -0.768. The van der Waals surface area contributed by atoms with Crippen LogP contribution in [0.3, 0.4) is 0 Å². The fraction of sp³-hybridized carbons (Fsp3) is 0.364. The molecule has 0 aliphatic heterocycles. The number of nitrogens with one attached hydrogen (secondary N) is 2. The molecule has 90 valence electrons. The smallest absolute Gasteiger partial charge is 0.354 e. The summed E-state index contributed by atoms with van der Waals surface area (Å²) in [5.41, 5.74) is 0.693.